The molecule has 0 unspecified atom stereocenters. The first-order valence-electron chi connectivity index (χ1n) is 8.22. The Bertz CT molecular complexity index is 663. The van der Waals surface area contributed by atoms with Crippen LogP contribution in [0.2, 0.25) is 0 Å². The Morgan fingerprint density at radius 1 is 1.35 bits per heavy atom. The highest BCUT2D eigenvalue weighted by Gasteiger charge is 2.29. The molecule has 1 atom stereocenters. The minimum absolute atomic E-state index is 0.316. The van der Waals surface area contributed by atoms with E-state index in [4.69, 9.17) is 4.98 Å². The molecule has 0 radical (unpaired) electrons. The van der Waals surface area contributed by atoms with Crippen LogP contribution in [0.15, 0.2) is 18.5 Å². The van der Waals surface area contributed by atoms with Crippen molar-refractivity contribution in [2.24, 2.45) is 7.05 Å². The van der Waals surface area contributed by atoms with Gasteiger partial charge in [0.25, 0.3) is 0 Å². The fourth-order valence-electron chi connectivity index (χ4n) is 3.21. The van der Waals surface area contributed by atoms with Gasteiger partial charge in [-0.25, -0.2) is 9.97 Å². The van der Waals surface area contributed by atoms with E-state index < -0.39 is 0 Å². The molecule has 0 spiro atoms. The van der Waals surface area contributed by atoms with Gasteiger partial charge in [-0.1, -0.05) is 0 Å². The Balaban J connectivity index is 1.77. The van der Waals surface area contributed by atoms with E-state index in [1.165, 1.54) is 17.7 Å². The highest BCUT2D eigenvalue weighted by molar-refractivity contribution is 5.17. The smallest absolute Gasteiger partial charge is 0.145 e. The summed E-state index contributed by atoms with van der Waals surface area (Å²) >= 11 is 0. The number of aryl methyl sites for hydroxylation is 1. The maximum absolute atomic E-state index is 4.80. The molecule has 124 valence electrons. The highest BCUT2D eigenvalue weighted by Crippen LogP contribution is 2.31. The van der Waals surface area contributed by atoms with Crippen LogP contribution in [0.1, 0.15) is 41.7 Å². The van der Waals surface area contributed by atoms with Crippen molar-refractivity contribution in [3.05, 3.63) is 41.2 Å². The predicted molar refractivity (Wildman–Crippen MR) is 89.8 cm³/mol. The van der Waals surface area contributed by atoms with E-state index >= 15 is 0 Å². The Kier molecular flexibility index (Phi) is 4.73. The van der Waals surface area contributed by atoms with Gasteiger partial charge < -0.3 is 4.90 Å². The largest absolute Gasteiger partial charge is 0.304 e. The highest BCUT2D eigenvalue weighted by atomic mass is 15.3. The van der Waals surface area contributed by atoms with Gasteiger partial charge in [0.15, 0.2) is 0 Å². The fraction of sp³-hybridized carbons (Fsp3) is 0.588. The molecule has 3 heterocycles. The molecule has 0 bridgehead atoms. The molecule has 0 N–H and O–H groups in total. The minimum atomic E-state index is 0.316. The van der Waals surface area contributed by atoms with Crippen molar-refractivity contribution in [2.45, 2.75) is 38.9 Å². The van der Waals surface area contributed by atoms with Gasteiger partial charge in [0, 0.05) is 37.6 Å². The van der Waals surface area contributed by atoms with Crippen molar-refractivity contribution >= 4 is 0 Å². The lowest BCUT2D eigenvalue weighted by Crippen LogP contribution is -2.25. The SMILES string of the molecule is Cc1c(CN2CCC[C@H]2c2nccc(CN(C)C)n2)cnn1C. The van der Waals surface area contributed by atoms with Crippen LogP contribution in [0.25, 0.3) is 0 Å². The van der Waals surface area contributed by atoms with E-state index in [9.17, 15) is 0 Å². The number of hydrogen-bond acceptors (Lipinski definition) is 5. The summed E-state index contributed by atoms with van der Waals surface area (Å²) in [5.74, 6) is 0.961. The zero-order chi connectivity index (χ0) is 16.4. The maximum atomic E-state index is 4.80. The average Bonchev–Trinajstić information content (AvgIpc) is 3.09. The predicted octanol–water partition coefficient (Wildman–Crippen LogP) is 1.92. The molecule has 1 saturated heterocycles. The van der Waals surface area contributed by atoms with Crippen LogP contribution in [0.3, 0.4) is 0 Å². The summed E-state index contributed by atoms with van der Waals surface area (Å²) in [5, 5.41) is 4.36. The third-order valence-corrected chi connectivity index (χ3v) is 4.58. The summed E-state index contributed by atoms with van der Waals surface area (Å²) in [6.45, 7) is 5.00. The van der Waals surface area contributed by atoms with Crippen molar-refractivity contribution in [1.82, 2.24) is 29.5 Å². The first-order valence-corrected chi connectivity index (χ1v) is 8.22. The Morgan fingerprint density at radius 3 is 2.87 bits per heavy atom. The van der Waals surface area contributed by atoms with Crippen LogP contribution < -0.4 is 0 Å². The lowest BCUT2D eigenvalue weighted by atomic mass is 10.2. The molecular weight excluding hydrogens is 288 g/mol. The molecule has 1 aliphatic heterocycles. The Labute approximate surface area is 138 Å². The number of aromatic nitrogens is 4. The van der Waals surface area contributed by atoms with E-state index in [1.807, 2.05) is 30.2 Å². The van der Waals surface area contributed by atoms with Gasteiger partial charge in [-0.3, -0.25) is 9.58 Å². The van der Waals surface area contributed by atoms with Crippen molar-refractivity contribution in [3.63, 3.8) is 0 Å². The second-order valence-electron chi connectivity index (χ2n) is 6.65. The molecule has 2 aromatic heterocycles. The van der Waals surface area contributed by atoms with Gasteiger partial charge in [0.05, 0.1) is 17.9 Å². The molecule has 2 aromatic rings. The lowest BCUT2D eigenvalue weighted by Gasteiger charge is -2.23. The van der Waals surface area contributed by atoms with Crippen molar-refractivity contribution in [1.29, 1.82) is 0 Å². The molecule has 0 aliphatic carbocycles. The van der Waals surface area contributed by atoms with Gasteiger partial charge in [0.2, 0.25) is 0 Å². The van der Waals surface area contributed by atoms with Crippen molar-refractivity contribution in [3.8, 4) is 0 Å². The van der Waals surface area contributed by atoms with Gasteiger partial charge >= 0.3 is 0 Å². The third kappa shape index (κ3) is 3.59. The van der Waals surface area contributed by atoms with Crippen molar-refractivity contribution in [2.75, 3.05) is 20.6 Å². The summed E-state index contributed by atoms with van der Waals surface area (Å²) in [5.41, 5.74) is 3.62. The van der Waals surface area contributed by atoms with E-state index in [-0.39, 0.29) is 0 Å². The molecule has 1 aliphatic rings. The zero-order valence-corrected chi connectivity index (χ0v) is 14.5. The van der Waals surface area contributed by atoms with Gasteiger partial charge in [-0.05, 0) is 46.5 Å². The molecular formula is C17H26N6. The van der Waals surface area contributed by atoms with Crippen LogP contribution in [0, 0.1) is 6.92 Å². The van der Waals surface area contributed by atoms with E-state index in [1.54, 1.807) is 0 Å². The normalized spacial score (nSPS) is 18.9. The van der Waals surface area contributed by atoms with Crippen LogP contribution >= 0.6 is 0 Å². The summed E-state index contributed by atoms with van der Waals surface area (Å²) < 4.78 is 1.94. The minimum Gasteiger partial charge on any atom is -0.304 e. The van der Waals surface area contributed by atoms with E-state index in [0.717, 1.165) is 37.6 Å². The van der Waals surface area contributed by atoms with E-state index in [0.29, 0.717) is 6.04 Å². The molecule has 6 heteroatoms. The summed E-state index contributed by atoms with van der Waals surface area (Å²) in [4.78, 5) is 14.0. The molecule has 23 heavy (non-hydrogen) atoms. The Morgan fingerprint density at radius 2 is 2.17 bits per heavy atom. The second kappa shape index (κ2) is 6.76. The van der Waals surface area contributed by atoms with Gasteiger partial charge in [-0.2, -0.15) is 5.10 Å². The van der Waals surface area contributed by atoms with Crippen LogP contribution in [-0.2, 0) is 20.1 Å². The summed E-state index contributed by atoms with van der Waals surface area (Å²) in [7, 11) is 6.12. The Hall–Kier alpha value is -1.79. The lowest BCUT2D eigenvalue weighted by molar-refractivity contribution is 0.238. The number of hydrogen-bond donors (Lipinski definition) is 0. The molecule has 6 nitrogen and oxygen atoms in total. The number of rotatable bonds is 5. The van der Waals surface area contributed by atoms with Crippen LogP contribution in [0.4, 0.5) is 0 Å². The molecule has 0 amide bonds. The standard InChI is InChI=1S/C17H26N6/c1-13-14(10-19-22(13)4)11-23-9-5-6-16(23)17-18-8-7-15(20-17)12-21(2)3/h7-8,10,16H,5-6,9,11-12H2,1-4H3/t16-/m0/s1. The second-order valence-corrected chi connectivity index (χ2v) is 6.65. The van der Waals surface area contributed by atoms with Gasteiger partial charge in [0.1, 0.15) is 5.82 Å². The fourth-order valence-corrected chi connectivity index (χ4v) is 3.21. The zero-order valence-electron chi connectivity index (χ0n) is 14.5. The monoisotopic (exact) mass is 314 g/mol. The first kappa shape index (κ1) is 16.1. The quantitative estimate of drug-likeness (QED) is 0.844. The first-order chi connectivity index (χ1) is 11.0. The van der Waals surface area contributed by atoms with Crippen LogP contribution in [0.5, 0.6) is 0 Å². The van der Waals surface area contributed by atoms with Crippen LogP contribution in [-0.4, -0.2) is 50.2 Å². The topological polar surface area (TPSA) is 50.1 Å². The molecule has 0 aromatic carbocycles. The molecule has 0 saturated carbocycles. The summed E-state index contributed by atoms with van der Waals surface area (Å²) in [6, 6.07) is 2.32. The number of nitrogens with zero attached hydrogens (tertiary/aromatic N) is 6. The third-order valence-electron chi connectivity index (χ3n) is 4.58. The van der Waals surface area contributed by atoms with E-state index in [2.05, 4.69) is 40.9 Å². The molecule has 1 fully saturated rings. The van der Waals surface area contributed by atoms with Gasteiger partial charge in [-0.15, -0.1) is 0 Å². The summed E-state index contributed by atoms with van der Waals surface area (Å²) in [6.07, 6.45) is 6.21. The number of likely N-dealkylation sites (tertiary alicyclic amines) is 1. The average molecular weight is 314 g/mol. The van der Waals surface area contributed by atoms with Crippen molar-refractivity contribution < 1.29 is 0 Å². The maximum Gasteiger partial charge on any atom is 0.145 e. The molecule has 3 rings (SSSR count).